The second-order valence-electron chi connectivity index (χ2n) is 4.91. The summed E-state index contributed by atoms with van der Waals surface area (Å²) in [6.07, 6.45) is 3.21. The van der Waals surface area contributed by atoms with Gasteiger partial charge in [-0.05, 0) is 18.8 Å². The zero-order chi connectivity index (χ0) is 13.1. The maximum atomic E-state index is 10.00. The molecule has 2 unspecified atom stereocenters. The van der Waals surface area contributed by atoms with Gasteiger partial charge in [0.15, 0.2) is 0 Å². The third-order valence-corrected chi connectivity index (χ3v) is 3.73. The minimum absolute atomic E-state index is 0.267. The average Bonchev–Trinajstić information content (AvgIpc) is 2.40. The maximum Gasteiger partial charge on any atom is 0.137 e. The second kappa shape index (κ2) is 5.52. The summed E-state index contributed by atoms with van der Waals surface area (Å²) in [7, 11) is 1.87. The van der Waals surface area contributed by atoms with Crippen LogP contribution in [0.4, 0.5) is 11.6 Å². The van der Waals surface area contributed by atoms with Crippen LogP contribution < -0.4 is 10.2 Å². The lowest BCUT2D eigenvalue weighted by molar-refractivity contribution is 0.102. The van der Waals surface area contributed by atoms with Gasteiger partial charge in [-0.25, -0.2) is 9.97 Å². The van der Waals surface area contributed by atoms with Crippen molar-refractivity contribution in [3.8, 4) is 0 Å². The van der Waals surface area contributed by atoms with Gasteiger partial charge < -0.3 is 15.3 Å². The Balaban J connectivity index is 2.28. The molecule has 0 aromatic carbocycles. The molecule has 0 spiro atoms. The second-order valence-corrected chi connectivity index (χ2v) is 4.91. The Morgan fingerprint density at radius 3 is 2.89 bits per heavy atom. The van der Waals surface area contributed by atoms with Crippen LogP contribution in [0.5, 0.6) is 0 Å². The Kier molecular flexibility index (Phi) is 4.01. The molecular weight excluding hydrogens is 228 g/mol. The number of nitrogens with zero attached hydrogens (tertiary/aromatic N) is 3. The van der Waals surface area contributed by atoms with Crippen LogP contribution in [0.15, 0.2) is 6.33 Å². The summed E-state index contributed by atoms with van der Waals surface area (Å²) in [6, 6.07) is 0. The van der Waals surface area contributed by atoms with Crippen molar-refractivity contribution in [3.63, 3.8) is 0 Å². The number of aliphatic hydroxyl groups is 1. The molecule has 18 heavy (non-hydrogen) atoms. The van der Waals surface area contributed by atoms with Crippen molar-refractivity contribution in [2.24, 2.45) is 5.92 Å². The first-order valence-corrected chi connectivity index (χ1v) is 6.62. The van der Waals surface area contributed by atoms with Crippen molar-refractivity contribution in [1.82, 2.24) is 9.97 Å². The van der Waals surface area contributed by atoms with Gasteiger partial charge in [0.05, 0.1) is 6.10 Å². The fraction of sp³-hybridized carbons (Fsp3) is 0.692. The molecule has 1 saturated heterocycles. The summed E-state index contributed by atoms with van der Waals surface area (Å²) in [6.45, 7) is 5.81. The topological polar surface area (TPSA) is 61.3 Å². The van der Waals surface area contributed by atoms with Gasteiger partial charge in [-0.2, -0.15) is 0 Å². The molecule has 1 aromatic rings. The van der Waals surface area contributed by atoms with E-state index >= 15 is 0 Å². The fourth-order valence-corrected chi connectivity index (χ4v) is 2.46. The van der Waals surface area contributed by atoms with Crippen molar-refractivity contribution in [1.29, 1.82) is 0 Å². The largest absolute Gasteiger partial charge is 0.391 e. The molecular formula is C13H22N4O. The van der Waals surface area contributed by atoms with Gasteiger partial charge in [-0.15, -0.1) is 0 Å². The Morgan fingerprint density at radius 1 is 1.50 bits per heavy atom. The highest BCUT2D eigenvalue weighted by Gasteiger charge is 2.26. The highest BCUT2D eigenvalue weighted by Crippen LogP contribution is 2.27. The average molecular weight is 250 g/mol. The number of hydrogen-bond donors (Lipinski definition) is 2. The van der Waals surface area contributed by atoms with Gasteiger partial charge in [0.2, 0.25) is 0 Å². The Morgan fingerprint density at radius 2 is 2.28 bits per heavy atom. The molecule has 5 heteroatoms. The van der Waals surface area contributed by atoms with Crippen LogP contribution in [0.1, 0.15) is 25.8 Å². The first-order chi connectivity index (χ1) is 8.67. The number of hydrogen-bond acceptors (Lipinski definition) is 5. The van der Waals surface area contributed by atoms with Crippen LogP contribution >= 0.6 is 0 Å². The van der Waals surface area contributed by atoms with Gasteiger partial charge in [0, 0.05) is 25.7 Å². The zero-order valence-electron chi connectivity index (χ0n) is 11.3. The van der Waals surface area contributed by atoms with Crippen LogP contribution in [0.25, 0.3) is 0 Å². The van der Waals surface area contributed by atoms with Crippen LogP contribution in [0, 0.1) is 5.92 Å². The molecule has 1 aromatic heterocycles. The molecule has 5 nitrogen and oxygen atoms in total. The van der Waals surface area contributed by atoms with E-state index in [2.05, 4.69) is 34.0 Å². The molecule has 1 aliphatic rings. The number of piperidine rings is 1. The summed E-state index contributed by atoms with van der Waals surface area (Å²) in [5.41, 5.74) is 1.13. The van der Waals surface area contributed by atoms with Crippen LogP contribution in [-0.4, -0.2) is 41.3 Å². The normalized spacial score (nSPS) is 24.1. The third kappa shape index (κ3) is 2.41. The van der Waals surface area contributed by atoms with Crippen molar-refractivity contribution in [2.45, 2.75) is 32.8 Å². The lowest BCUT2D eigenvalue weighted by Crippen LogP contribution is -2.43. The van der Waals surface area contributed by atoms with Crippen molar-refractivity contribution in [2.75, 3.05) is 30.4 Å². The number of anilines is 2. The fourth-order valence-electron chi connectivity index (χ4n) is 2.46. The number of aliphatic hydroxyl groups excluding tert-OH is 1. The van der Waals surface area contributed by atoms with E-state index in [4.69, 9.17) is 0 Å². The molecule has 2 heterocycles. The Hall–Kier alpha value is -1.36. The minimum atomic E-state index is -0.267. The number of β-amino-alcohol motifs (C(OH)–C–C–N with tert-alkyl or cyclic N) is 1. The molecule has 1 aliphatic heterocycles. The standard InChI is InChI=1S/C13H22N4O/c1-4-10-12(14-3)15-8-16-13(10)17-6-5-9(2)11(18)7-17/h8-9,11,18H,4-7H2,1-3H3,(H,14,15,16). The van der Waals surface area contributed by atoms with Crippen LogP contribution in [0.2, 0.25) is 0 Å². The summed E-state index contributed by atoms with van der Waals surface area (Å²) >= 11 is 0. The monoisotopic (exact) mass is 250 g/mol. The summed E-state index contributed by atoms with van der Waals surface area (Å²) in [5.74, 6) is 2.22. The smallest absolute Gasteiger partial charge is 0.137 e. The third-order valence-electron chi connectivity index (χ3n) is 3.73. The van der Waals surface area contributed by atoms with Crippen LogP contribution in [0.3, 0.4) is 0 Å². The van der Waals surface area contributed by atoms with E-state index in [0.717, 1.165) is 36.6 Å². The van der Waals surface area contributed by atoms with E-state index in [1.165, 1.54) is 0 Å². The van der Waals surface area contributed by atoms with E-state index in [1.54, 1.807) is 6.33 Å². The van der Waals surface area contributed by atoms with Gasteiger partial charge in [0.1, 0.15) is 18.0 Å². The molecule has 0 amide bonds. The Labute approximate surface area is 108 Å². The lowest BCUT2D eigenvalue weighted by atomic mass is 9.96. The zero-order valence-corrected chi connectivity index (χ0v) is 11.3. The first-order valence-electron chi connectivity index (χ1n) is 6.62. The predicted octanol–water partition coefficient (Wildman–Crippen LogP) is 1.29. The minimum Gasteiger partial charge on any atom is -0.391 e. The molecule has 2 atom stereocenters. The van der Waals surface area contributed by atoms with Gasteiger partial charge in [-0.1, -0.05) is 13.8 Å². The molecule has 0 radical (unpaired) electrons. The molecule has 0 bridgehead atoms. The molecule has 2 N–H and O–H groups in total. The van der Waals surface area contributed by atoms with Crippen molar-refractivity contribution < 1.29 is 5.11 Å². The van der Waals surface area contributed by atoms with E-state index in [0.29, 0.717) is 12.5 Å². The highest BCUT2D eigenvalue weighted by molar-refractivity contribution is 5.58. The molecule has 100 valence electrons. The van der Waals surface area contributed by atoms with Gasteiger partial charge in [-0.3, -0.25) is 0 Å². The number of rotatable bonds is 3. The van der Waals surface area contributed by atoms with E-state index < -0.39 is 0 Å². The van der Waals surface area contributed by atoms with E-state index in [1.807, 2.05) is 7.05 Å². The van der Waals surface area contributed by atoms with Crippen molar-refractivity contribution in [3.05, 3.63) is 11.9 Å². The quantitative estimate of drug-likeness (QED) is 0.846. The lowest BCUT2D eigenvalue weighted by Gasteiger charge is -2.36. The molecule has 0 aliphatic carbocycles. The summed E-state index contributed by atoms with van der Waals surface area (Å²) in [4.78, 5) is 10.8. The molecule has 0 saturated carbocycles. The van der Waals surface area contributed by atoms with Gasteiger partial charge >= 0.3 is 0 Å². The predicted molar refractivity (Wildman–Crippen MR) is 73.0 cm³/mol. The molecule has 2 rings (SSSR count). The SMILES string of the molecule is CCc1c(NC)ncnc1N1CCC(C)C(O)C1. The number of aromatic nitrogens is 2. The van der Waals surface area contributed by atoms with E-state index in [9.17, 15) is 5.11 Å². The summed E-state index contributed by atoms with van der Waals surface area (Å²) in [5, 5.41) is 13.1. The van der Waals surface area contributed by atoms with Crippen molar-refractivity contribution >= 4 is 11.6 Å². The van der Waals surface area contributed by atoms with Gasteiger partial charge in [0.25, 0.3) is 0 Å². The Bertz CT molecular complexity index is 410. The number of nitrogens with one attached hydrogen (secondary N) is 1. The maximum absolute atomic E-state index is 10.00. The molecule has 1 fully saturated rings. The highest BCUT2D eigenvalue weighted by atomic mass is 16.3. The first kappa shape index (κ1) is 13.1. The van der Waals surface area contributed by atoms with Crippen LogP contribution in [-0.2, 0) is 6.42 Å². The summed E-state index contributed by atoms with van der Waals surface area (Å²) < 4.78 is 0. The van der Waals surface area contributed by atoms with E-state index in [-0.39, 0.29) is 6.10 Å².